The van der Waals surface area contributed by atoms with Crippen molar-refractivity contribution in [2.75, 3.05) is 13.2 Å². The van der Waals surface area contributed by atoms with E-state index >= 15 is 9.59 Å². The summed E-state index contributed by atoms with van der Waals surface area (Å²) in [6, 6.07) is 22.5. The molecule has 95 heavy (non-hydrogen) atoms. The minimum atomic E-state index is -1.69. The van der Waals surface area contributed by atoms with Crippen molar-refractivity contribution >= 4 is 122 Å². The van der Waals surface area contributed by atoms with Crippen molar-refractivity contribution in [3.05, 3.63) is 140 Å². The third-order valence-corrected chi connectivity index (χ3v) is 24.9. The van der Waals surface area contributed by atoms with Gasteiger partial charge >= 0.3 is 24.2 Å². The van der Waals surface area contributed by atoms with Crippen molar-refractivity contribution in [1.29, 1.82) is 0 Å². The number of rotatable bonds is 24. The van der Waals surface area contributed by atoms with Crippen molar-refractivity contribution in [3.8, 4) is 11.5 Å². The van der Waals surface area contributed by atoms with Crippen molar-refractivity contribution < 1.29 is 47.6 Å². The molecule has 8 aliphatic rings. The third-order valence-electron chi connectivity index (χ3n) is 24.9. The van der Waals surface area contributed by atoms with E-state index in [1.807, 2.05) is 38.1 Å². The highest BCUT2D eigenvalue weighted by molar-refractivity contribution is 6.59. The maximum absolute atomic E-state index is 16.9. The van der Waals surface area contributed by atoms with Gasteiger partial charge in [0, 0.05) is 28.6 Å². The molecule has 0 N–H and O–H groups in total. The zero-order valence-electron chi connectivity index (χ0n) is 56.3. The molecule has 19 rings (SSSR count). The lowest BCUT2D eigenvalue weighted by Gasteiger charge is -2.74. The van der Waals surface area contributed by atoms with E-state index < -0.39 is 57.6 Å². The van der Waals surface area contributed by atoms with E-state index in [1.54, 1.807) is 50.6 Å². The number of carbonyl (C=O) groups is 4. The van der Waals surface area contributed by atoms with Crippen molar-refractivity contribution in [1.82, 2.24) is 0 Å². The Kier molecular flexibility index (Phi) is 12.1. The summed E-state index contributed by atoms with van der Waals surface area (Å²) in [5.74, 6) is 0.157. The second kappa shape index (κ2) is 19.7. The number of hydrogen-bond donors (Lipinski definition) is 0. The number of aryl methyl sites for hydroxylation is 2. The summed E-state index contributed by atoms with van der Waals surface area (Å²) in [4.78, 5) is 59.5. The van der Waals surface area contributed by atoms with E-state index in [2.05, 4.69) is 58.0 Å². The lowest BCUT2D eigenvalue weighted by Crippen LogP contribution is -2.79. The molecular formula is C85H82O10. The van der Waals surface area contributed by atoms with Gasteiger partial charge < -0.3 is 28.4 Å². The monoisotopic (exact) mass is 1260 g/mol. The Bertz CT molecular complexity index is 5220. The van der Waals surface area contributed by atoms with Crippen LogP contribution in [0.5, 0.6) is 11.5 Å². The van der Waals surface area contributed by atoms with Crippen LogP contribution in [-0.4, -0.2) is 48.7 Å². The fourth-order valence-electron chi connectivity index (χ4n) is 22.6. The minimum absolute atomic E-state index is 0.109. The van der Waals surface area contributed by atoms with Gasteiger partial charge in [-0.3, -0.25) is 9.59 Å². The number of ether oxygens (including phenoxy) is 6. The smallest absolute Gasteiger partial charge is 0.465 e. The van der Waals surface area contributed by atoms with Gasteiger partial charge in [0.2, 0.25) is 0 Å². The summed E-state index contributed by atoms with van der Waals surface area (Å²) >= 11 is 0. The molecule has 10 nitrogen and oxygen atoms in total. The van der Waals surface area contributed by atoms with Gasteiger partial charge in [0.15, 0.2) is 5.41 Å². The Hall–Kier alpha value is -8.24. The topological polar surface area (TPSA) is 124 Å². The Labute approximate surface area is 553 Å². The molecule has 10 heteroatoms. The number of hydrogen-bond acceptors (Lipinski definition) is 10. The second-order valence-corrected chi connectivity index (χ2v) is 32.0. The quantitative estimate of drug-likeness (QED) is 0.0144. The predicted octanol–water partition coefficient (Wildman–Crippen LogP) is 20.7. The number of benzene rings is 9. The average molecular weight is 1260 g/mol. The molecule has 1 fully saturated rings. The molecule has 0 heterocycles. The van der Waals surface area contributed by atoms with Gasteiger partial charge in [-0.2, -0.15) is 0 Å². The predicted molar refractivity (Wildman–Crippen MR) is 376 cm³/mol. The van der Waals surface area contributed by atoms with Crippen LogP contribution in [0.4, 0.5) is 9.59 Å². The summed E-state index contributed by atoms with van der Waals surface area (Å²) in [7, 11) is 0. The molecular weight excluding hydrogens is 1180 g/mol. The van der Waals surface area contributed by atoms with Crippen LogP contribution in [0, 0.1) is 22.7 Å². The van der Waals surface area contributed by atoms with E-state index in [-0.39, 0.29) is 25.0 Å². The van der Waals surface area contributed by atoms with Gasteiger partial charge in [0.25, 0.3) is 0 Å². The Morgan fingerprint density at radius 3 is 1.72 bits per heavy atom. The summed E-state index contributed by atoms with van der Waals surface area (Å²) in [6.45, 7) is 18.5. The number of carbonyl (C=O) groups excluding carboxylic acids is 4. The largest absolute Gasteiger partial charge is 0.514 e. The van der Waals surface area contributed by atoms with Crippen LogP contribution in [0.2, 0.25) is 0 Å². The van der Waals surface area contributed by atoms with E-state index in [9.17, 15) is 9.59 Å². The van der Waals surface area contributed by atoms with Crippen LogP contribution in [0.3, 0.4) is 0 Å². The molecule has 8 aliphatic carbocycles. The van der Waals surface area contributed by atoms with E-state index in [4.69, 9.17) is 28.4 Å². The zero-order chi connectivity index (χ0) is 64.9. The SMILES string of the molecule is CCCCCCC(C)CC(C)(C)OC(=O)Oc1ccc(CCCOC(=O)C2(C(=O)OCCCc3ccc(OC(=O)OC(C)(C)C)cc3)C3c4cc5c6c7c(cc8cc9c%10c%11c%12c%13c%14c%15c%16c(c%17c4c6c(c%17%14)c4c7c8c%10c%134)C3(CC%16=CC(C=C%11C9)C%15%12)C2(CCC)CCC)C5)cc1. The Morgan fingerprint density at radius 2 is 1.09 bits per heavy atom. The van der Waals surface area contributed by atoms with Crippen LogP contribution in [0.1, 0.15) is 219 Å². The molecule has 11 aromatic carbocycles. The highest BCUT2D eigenvalue weighted by atomic mass is 16.7. The van der Waals surface area contributed by atoms with E-state index in [0.717, 1.165) is 61.6 Å². The molecule has 0 bridgehead atoms. The first-order valence-corrected chi connectivity index (χ1v) is 36.0. The fourth-order valence-corrected chi connectivity index (χ4v) is 22.6. The molecule has 0 aliphatic heterocycles. The molecule has 482 valence electrons. The number of unbranched alkanes of at least 4 members (excludes halogenated alkanes) is 3. The lowest BCUT2D eigenvalue weighted by molar-refractivity contribution is -0.237. The second-order valence-electron chi connectivity index (χ2n) is 32.0. The molecule has 1 spiro atoms. The fraction of sp³-hybridized carbons (Fsp3) is 0.435. The molecule has 0 aromatic heterocycles. The summed E-state index contributed by atoms with van der Waals surface area (Å²) in [6.07, 6.45) is 18.2. The van der Waals surface area contributed by atoms with Gasteiger partial charge in [0.1, 0.15) is 22.7 Å². The lowest BCUT2D eigenvalue weighted by atomic mass is 9.25. The average Bonchev–Trinajstić information content (AvgIpc) is 1.47. The molecule has 0 amide bonds. The van der Waals surface area contributed by atoms with Crippen LogP contribution in [0.25, 0.3) is 97.3 Å². The van der Waals surface area contributed by atoms with Gasteiger partial charge in [-0.1, -0.05) is 127 Å². The van der Waals surface area contributed by atoms with Gasteiger partial charge in [-0.25, -0.2) is 9.59 Å². The molecule has 6 atom stereocenters. The van der Waals surface area contributed by atoms with E-state index in [1.165, 1.54) is 162 Å². The first-order chi connectivity index (χ1) is 45.9. The van der Waals surface area contributed by atoms with Crippen LogP contribution < -0.4 is 9.47 Å². The maximum atomic E-state index is 16.9. The molecule has 11 aromatic rings. The Balaban J connectivity index is 0.707. The summed E-state index contributed by atoms with van der Waals surface area (Å²) < 4.78 is 36.3. The van der Waals surface area contributed by atoms with Gasteiger partial charge in [0.05, 0.1) is 13.2 Å². The number of fused-ring (bicyclic) bond motifs is 1. The number of allylic oxidation sites excluding steroid dienone is 4. The molecule has 0 radical (unpaired) electrons. The molecule has 6 unspecified atom stereocenters. The summed E-state index contributed by atoms with van der Waals surface area (Å²) in [5, 5.41) is 23.0. The normalized spacial score (nSPS) is 22.0. The van der Waals surface area contributed by atoms with Crippen molar-refractivity contribution in [2.24, 2.45) is 22.7 Å². The standard InChI is InChI=1S/C85H82O10/c1-10-13-14-15-18-42(4)40-82(8,9)95-80(89)93-53-27-23-44(24-28-53)20-17-32-91-78(87)85(77(86)90-31-16-19-43-21-25-52(26-22-43)92-79(88)94-81(5,6)7)76-54-39-50-37-47-35-48-34-45-33-46-36-49-38-51-41-84(76,83(85,29-11-2)30-12-3)75-61(51)66-60(49)65-56(46)55(45)63-59(48)64-57(47)58(50)67-62(54)74(75)73-71(66)69(65)68(63)70(64)72(67)73/h21-28,34-36,38-39,42,49,60,76H,10-20,29-33,37,40-41H2,1-9H3. The number of esters is 2. The van der Waals surface area contributed by atoms with Crippen molar-refractivity contribution in [3.63, 3.8) is 0 Å². The van der Waals surface area contributed by atoms with Crippen LogP contribution in [-0.2, 0) is 59.6 Å². The highest BCUT2D eigenvalue weighted by Gasteiger charge is 2.88. The maximum Gasteiger partial charge on any atom is 0.514 e. The third kappa shape index (κ3) is 7.27. The Morgan fingerprint density at radius 1 is 0.547 bits per heavy atom. The molecule has 0 saturated heterocycles. The van der Waals surface area contributed by atoms with Crippen LogP contribution in [0.15, 0.2) is 78.9 Å². The minimum Gasteiger partial charge on any atom is -0.465 e. The van der Waals surface area contributed by atoms with E-state index in [0.29, 0.717) is 55.9 Å². The first kappa shape index (κ1) is 58.1. The van der Waals surface area contributed by atoms with Crippen LogP contribution >= 0.6 is 0 Å². The first-order valence-electron chi connectivity index (χ1n) is 36.0. The molecule has 1 saturated carbocycles. The zero-order valence-corrected chi connectivity index (χ0v) is 56.3. The van der Waals surface area contributed by atoms with Gasteiger partial charge in [-0.15, -0.1) is 0 Å². The highest BCUT2D eigenvalue weighted by Crippen LogP contribution is 2.88. The summed E-state index contributed by atoms with van der Waals surface area (Å²) in [5.41, 5.74) is 13.2. The van der Waals surface area contributed by atoms with Gasteiger partial charge in [-0.05, 0) is 288 Å². The van der Waals surface area contributed by atoms with Crippen molar-refractivity contribution in [2.45, 2.75) is 200 Å².